The van der Waals surface area contributed by atoms with Crippen LogP contribution in [0.4, 0.5) is 24.5 Å². The molecule has 0 unspecified atom stereocenters. The Kier molecular flexibility index (Phi) is 6.47. The van der Waals surface area contributed by atoms with Gasteiger partial charge in [0.15, 0.2) is 0 Å². The Bertz CT molecular complexity index is 977. The molecule has 7 heteroatoms. The molecular formula is C25H30F3N3O. The Morgan fingerprint density at radius 2 is 1.84 bits per heavy atom. The van der Waals surface area contributed by atoms with Crippen LogP contribution in [-0.4, -0.2) is 23.9 Å². The Morgan fingerprint density at radius 3 is 2.50 bits per heavy atom. The predicted octanol–water partition coefficient (Wildman–Crippen LogP) is 6.04. The van der Waals surface area contributed by atoms with E-state index in [4.69, 9.17) is 5.73 Å². The minimum absolute atomic E-state index is 0.0134. The van der Waals surface area contributed by atoms with Gasteiger partial charge in [0.2, 0.25) is 0 Å². The maximum absolute atomic E-state index is 13.7. The van der Waals surface area contributed by atoms with Gasteiger partial charge in [-0.05, 0) is 86.0 Å². The van der Waals surface area contributed by atoms with E-state index in [1.807, 2.05) is 18.2 Å². The third-order valence-electron chi connectivity index (χ3n) is 6.64. The highest BCUT2D eigenvalue weighted by Crippen LogP contribution is 2.41. The monoisotopic (exact) mass is 445 g/mol. The second kappa shape index (κ2) is 9.14. The van der Waals surface area contributed by atoms with E-state index >= 15 is 0 Å². The standard InChI is InChI=1S/C25H30F3N3O/c1-16-10-20(11-16)18-6-5-7-19(14-18)24(32)30-22-13-17(15-31-8-3-2-4-9-31)12-21(23(22)29)25(26,27)28/h5-7,12-14,16,20H,2-4,8-11,15,29H2,1H3,(H,30,32). The van der Waals surface area contributed by atoms with Gasteiger partial charge in [-0.2, -0.15) is 13.2 Å². The number of anilines is 2. The molecule has 1 saturated carbocycles. The van der Waals surface area contributed by atoms with E-state index in [9.17, 15) is 18.0 Å². The summed E-state index contributed by atoms with van der Waals surface area (Å²) in [7, 11) is 0. The van der Waals surface area contributed by atoms with Gasteiger partial charge in [0.1, 0.15) is 0 Å². The van der Waals surface area contributed by atoms with Gasteiger partial charge in [-0.15, -0.1) is 0 Å². The van der Waals surface area contributed by atoms with Crippen molar-refractivity contribution in [3.05, 3.63) is 58.7 Å². The quantitative estimate of drug-likeness (QED) is 0.552. The van der Waals surface area contributed by atoms with Crippen LogP contribution in [0.2, 0.25) is 0 Å². The minimum atomic E-state index is -4.59. The van der Waals surface area contributed by atoms with Crippen LogP contribution < -0.4 is 11.1 Å². The molecular weight excluding hydrogens is 415 g/mol. The second-order valence-corrected chi connectivity index (χ2v) is 9.29. The second-order valence-electron chi connectivity index (χ2n) is 9.29. The summed E-state index contributed by atoms with van der Waals surface area (Å²) in [6, 6.07) is 10.0. The summed E-state index contributed by atoms with van der Waals surface area (Å²) < 4.78 is 41.0. The molecule has 1 aliphatic heterocycles. The van der Waals surface area contributed by atoms with Gasteiger partial charge >= 0.3 is 6.18 Å². The molecule has 0 aromatic heterocycles. The van der Waals surface area contributed by atoms with Crippen LogP contribution >= 0.6 is 0 Å². The first-order valence-corrected chi connectivity index (χ1v) is 11.3. The number of rotatable bonds is 5. The molecule has 1 heterocycles. The summed E-state index contributed by atoms with van der Waals surface area (Å²) in [6.45, 7) is 4.33. The number of nitrogens with one attached hydrogen (secondary N) is 1. The first-order valence-electron chi connectivity index (χ1n) is 11.3. The van der Waals surface area contributed by atoms with Crippen LogP contribution in [0.3, 0.4) is 0 Å². The van der Waals surface area contributed by atoms with Gasteiger partial charge < -0.3 is 11.1 Å². The zero-order chi connectivity index (χ0) is 22.9. The van der Waals surface area contributed by atoms with E-state index in [2.05, 4.69) is 17.1 Å². The molecule has 0 spiro atoms. The van der Waals surface area contributed by atoms with Crippen molar-refractivity contribution < 1.29 is 18.0 Å². The van der Waals surface area contributed by atoms with E-state index < -0.39 is 23.3 Å². The van der Waals surface area contributed by atoms with Gasteiger partial charge in [-0.1, -0.05) is 25.5 Å². The molecule has 2 aromatic rings. The van der Waals surface area contributed by atoms with Crippen molar-refractivity contribution in [2.75, 3.05) is 24.1 Å². The lowest BCUT2D eigenvalue weighted by atomic mass is 9.72. The lowest BCUT2D eigenvalue weighted by Gasteiger charge is -2.33. The topological polar surface area (TPSA) is 58.4 Å². The fraction of sp³-hybridized carbons (Fsp3) is 0.480. The van der Waals surface area contributed by atoms with Crippen molar-refractivity contribution in [2.45, 2.75) is 57.7 Å². The molecule has 32 heavy (non-hydrogen) atoms. The largest absolute Gasteiger partial charge is 0.418 e. The van der Waals surface area contributed by atoms with E-state index in [-0.39, 0.29) is 5.69 Å². The lowest BCUT2D eigenvalue weighted by Crippen LogP contribution is -2.29. The fourth-order valence-electron chi connectivity index (χ4n) is 4.82. The first-order chi connectivity index (χ1) is 15.2. The highest BCUT2D eigenvalue weighted by molar-refractivity contribution is 6.06. The number of alkyl halides is 3. The summed E-state index contributed by atoms with van der Waals surface area (Å²) >= 11 is 0. The first kappa shape index (κ1) is 22.6. The number of nitrogen functional groups attached to an aromatic ring is 1. The van der Waals surface area contributed by atoms with Crippen molar-refractivity contribution in [3.63, 3.8) is 0 Å². The normalized spacial score (nSPS) is 21.8. The summed E-state index contributed by atoms with van der Waals surface area (Å²) in [4.78, 5) is 15.1. The van der Waals surface area contributed by atoms with Crippen molar-refractivity contribution in [1.29, 1.82) is 0 Å². The minimum Gasteiger partial charge on any atom is -0.397 e. The Hall–Kier alpha value is -2.54. The number of nitrogens with zero attached hydrogens (tertiary/aromatic N) is 1. The van der Waals surface area contributed by atoms with E-state index in [1.165, 1.54) is 0 Å². The third-order valence-corrected chi connectivity index (χ3v) is 6.64. The number of carbonyl (C=O) groups excluding carboxylic acids is 1. The molecule has 3 N–H and O–H groups in total. The zero-order valence-electron chi connectivity index (χ0n) is 18.3. The van der Waals surface area contributed by atoms with Crippen LogP contribution in [0.1, 0.15) is 72.0 Å². The molecule has 1 amide bonds. The molecule has 0 bridgehead atoms. The average molecular weight is 446 g/mol. The van der Waals surface area contributed by atoms with Gasteiger partial charge in [0, 0.05) is 12.1 Å². The van der Waals surface area contributed by atoms with Crippen molar-refractivity contribution in [1.82, 2.24) is 4.90 Å². The number of hydrogen-bond donors (Lipinski definition) is 2. The number of hydrogen-bond acceptors (Lipinski definition) is 3. The Morgan fingerprint density at radius 1 is 1.12 bits per heavy atom. The summed E-state index contributed by atoms with van der Waals surface area (Å²) in [5, 5.41) is 2.65. The summed E-state index contributed by atoms with van der Waals surface area (Å²) in [5.74, 6) is 0.669. The SMILES string of the molecule is CC1CC(c2cccc(C(=O)Nc3cc(CN4CCCCC4)cc(C(F)(F)F)c3N)c2)C1. The van der Waals surface area contributed by atoms with Crippen LogP contribution in [0.15, 0.2) is 36.4 Å². The molecule has 172 valence electrons. The molecule has 4 nitrogen and oxygen atoms in total. The number of likely N-dealkylation sites (tertiary alicyclic amines) is 1. The fourth-order valence-corrected chi connectivity index (χ4v) is 4.82. The molecule has 4 rings (SSSR count). The molecule has 2 aliphatic rings. The third kappa shape index (κ3) is 5.09. The maximum Gasteiger partial charge on any atom is 0.418 e. The van der Waals surface area contributed by atoms with Crippen molar-refractivity contribution in [3.8, 4) is 0 Å². The average Bonchev–Trinajstić information content (AvgIpc) is 2.73. The number of nitrogens with two attached hydrogens (primary N) is 1. The summed E-state index contributed by atoms with van der Waals surface area (Å²) in [5.41, 5.74) is 6.56. The van der Waals surface area contributed by atoms with Crippen LogP contribution in [0, 0.1) is 5.92 Å². The van der Waals surface area contributed by atoms with Crippen LogP contribution in [0.25, 0.3) is 0 Å². The number of carbonyl (C=O) groups is 1. The zero-order valence-corrected chi connectivity index (χ0v) is 18.3. The van der Waals surface area contributed by atoms with Gasteiger partial charge in [-0.25, -0.2) is 0 Å². The Labute approximate surface area is 187 Å². The van der Waals surface area contributed by atoms with E-state index in [0.29, 0.717) is 29.5 Å². The highest BCUT2D eigenvalue weighted by atomic mass is 19.4. The van der Waals surface area contributed by atoms with E-state index in [1.54, 1.807) is 12.1 Å². The van der Waals surface area contributed by atoms with Gasteiger partial charge in [-0.3, -0.25) is 9.69 Å². The van der Waals surface area contributed by atoms with Gasteiger partial charge in [0.05, 0.1) is 16.9 Å². The lowest BCUT2D eigenvalue weighted by molar-refractivity contribution is -0.136. The van der Waals surface area contributed by atoms with Crippen LogP contribution in [-0.2, 0) is 12.7 Å². The maximum atomic E-state index is 13.7. The molecule has 0 radical (unpaired) electrons. The molecule has 2 aromatic carbocycles. The number of benzene rings is 2. The summed E-state index contributed by atoms with van der Waals surface area (Å²) in [6.07, 6.45) is 0.813. The van der Waals surface area contributed by atoms with Crippen molar-refractivity contribution in [2.24, 2.45) is 5.92 Å². The number of piperidine rings is 1. The van der Waals surface area contributed by atoms with Gasteiger partial charge in [0.25, 0.3) is 5.91 Å². The molecule has 1 saturated heterocycles. The highest BCUT2D eigenvalue weighted by Gasteiger charge is 2.35. The predicted molar refractivity (Wildman–Crippen MR) is 121 cm³/mol. The molecule has 1 aliphatic carbocycles. The molecule has 2 fully saturated rings. The number of halogens is 3. The Balaban J connectivity index is 1.58. The van der Waals surface area contributed by atoms with E-state index in [0.717, 1.165) is 56.8 Å². The molecule has 0 atom stereocenters. The van der Waals surface area contributed by atoms with Crippen molar-refractivity contribution >= 4 is 17.3 Å². The number of amides is 1. The van der Waals surface area contributed by atoms with Crippen LogP contribution in [0.5, 0.6) is 0 Å². The smallest absolute Gasteiger partial charge is 0.397 e.